The molecule has 0 radical (unpaired) electrons. The van der Waals surface area contributed by atoms with Gasteiger partial charge in [0, 0.05) is 52.9 Å². The fourth-order valence-corrected chi connectivity index (χ4v) is 8.68. The molecule has 0 fully saturated rings. The van der Waals surface area contributed by atoms with Crippen molar-refractivity contribution in [1.29, 1.82) is 0 Å². The minimum atomic E-state index is -4.26. The molecule has 2 aromatic rings. The standard InChI is InChI=1S/C34H37ClINO8S/c1-6-44-27-14-19(13-22(36)32(27)45-46(42,43)21-9-7-20(35)8-10-21)29-30-23(15-33(2,3)17-25(30)38)37(12-11-28(40)41)24-16-34(4,5)18-26(39)31(24)29/h7-10,13-14,29H,6,11-12,15-18H2,1-5H3,(H,40,41). The molecule has 0 unspecified atom stereocenters. The van der Waals surface area contributed by atoms with Gasteiger partial charge in [-0.05, 0) is 95.1 Å². The molecular weight excluding hydrogens is 745 g/mol. The van der Waals surface area contributed by atoms with Crippen molar-refractivity contribution in [3.63, 3.8) is 0 Å². The van der Waals surface area contributed by atoms with Crippen LogP contribution in [-0.2, 0) is 24.5 Å². The average molecular weight is 782 g/mol. The first-order valence-electron chi connectivity index (χ1n) is 15.1. The zero-order chi connectivity index (χ0) is 33.8. The summed E-state index contributed by atoms with van der Waals surface area (Å²) in [4.78, 5) is 41.7. The van der Waals surface area contributed by atoms with Gasteiger partial charge in [-0.3, -0.25) is 14.4 Å². The number of ether oxygens (including phenoxy) is 1. The highest BCUT2D eigenvalue weighted by Crippen LogP contribution is 2.55. The van der Waals surface area contributed by atoms with Crippen LogP contribution in [-0.4, -0.2) is 49.1 Å². The van der Waals surface area contributed by atoms with Crippen LogP contribution in [0.3, 0.4) is 0 Å². The molecule has 12 heteroatoms. The summed E-state index contributed by atoms with van der Waals surface area (Å²) in [7, 11) is -4.26. The smallest absolute Gasteiger partial charge is 0.339 e. The number of carboxylic acid groups (broad SMARTS) is 1. The first-order valence-corrected chi connectivity index (χ1v) is 18.0. The molecule has 1 N–H and O–H groups in total. The number of carbonyl (C=O) groups excluding carboxylic acids is 2. The summed E-state index contributed by atoms with van der Waals surface area (Å²) in [5, 5.41) is 9.99. The van der Waals surface area contributed by atoms with Gasteiger partial charge >= 0.3 is 16.1 Å². The molecule has 3 aliphatic rings. The van der Waals surface area contributed by atoms with Crippen LogP contribution in [0.1, 0.15) is 78.2 Å². The second kappa shape index (κ2) is 12.6. The third-order valence-corrected chi connectivity index (χ3v) is 10.8. The van der Waals surface area contributed by atoms with Gasteiger partial charge in [-0.2, -0.15) is 8.42 Å². The second-order valence-electron chi connectivity index (χ2n) is 13.6. The van der Waals surface area contributed by atoms with Crippen molar-refractivity contribution >= 4 is 61.8 Å². The number of aliphatic carboxylic acids is 1. The van der Waals surface area contributed by atoms with Crippen molar-refractivity contribution in [2.75, 3.05) is 13.2 Å². The Balaban J connectivity index is 1.71. The number of ketones is 2. The number of allylic oxidation sites excluding steroid dienone is 4. The molecule has 0 saturated carbocycles. The lowest BCUT2D eigenvalue weighted by molar-refractivity contribution is -0.137. The summed E-state index contributed by atoms with van der Waals surface area (Å²) in [6.45, 7) is 10.2. The minimum absolute atomic E-state index is 0.00402. The highest BCUT2D eigenvalue weighted by molar-refractivity contribution is 14.1. The molecule has 0 saturated heterocycles. The van der Waals surface area contributed by atoms with Gasteiger partial charge in [0.15, 0.2) is 23.1 Å². The van der Waals surface area contributed by atoms with Crippen LogP contribution in [0.4, 0.5) is 0 Å². The van der Waals surface area contributed by atoms with Gasteiger partial charge in [0.05, 0.1) is 16.6 Å². The minimum Gasteiger partial charge on any atom is -0.490 e. The number of benzene rings is 2. The Hall–Kier alpha value is -2.90. The highest BCUT2D eigenvalue weighted by atomic mass is 127. The van der Waals surface area contributed by atoms with E-state index in [0.717, 1.165) is 11.4 Å². The Morgan fingerprint density at radius 1 is 0.978 bits per heavy atom. The molecule has 46 heavy (non-hydrogen) atoms. The maximum Gasteiger partial charge on any atom is 0.339 e. The van der Waals surface area contributed by atoms with Gasteiger partial charge in [-0.25, -0.2) is 0 Å². The summed E-state index contributed by atoms with van der Waals surface area (Å²) >= 11 is 7.94. The average Bonchev–Trinajstić information content (AvgIpc) is 2.92. The van der Waals surface area contributed by atoms with E-state index in [1.807, 2.05) is 55.2 Å². The SMILES string of the molecule is CCOc1cc(C2C3=C(CC(C)(C)CC3=O)N(CCC(=O)O)C3=C2C(=O)CC(C)(C)C3)cc(I)c1OS(=O)(=O)c1ccc(Cl)cc1. The van der Waals surface area contributed by atoms with Gasteiger partial charge in [0.1, 0.15) is 4.90 Å². The normalized spacial score (nSPS) is 19.6. The fourth-order valence-electron chi connectivity index (χ4n) is 6.72. The number of hydrogen-bond acceptors (Lipinski definition) is 8. The lowest BCUT2D eigenvalue weighted by Crippen LogP contribution is -2.45. The molecule has 2 aromatic carbocycles. The van der Waals surface area contributed by atoms with E-state index in [0.29, 0.717) is 38.1 Å². The molecule has 0 spiro atoms. The first kappa shape index (κ1) is 34.4. The molecule has 2 aliphatic carbocycles. The molecule has 1 heterocycles. The second-order valence-corrected chi connectivity index (χ2v) is 16.7. The van der Waals surface area contributed by atoms with Gasteiger partial charge in [0.2, 0.25) is 0 Å². The maximum absolute atomic E-state index is 14.1. The number of nitrogens with zero attached hydrogens (tertiary/aromatic N) is 1. The maximum atomic E-state index is 14.1. The molecule has 5 rings (SSSR count). The van der Waals surface area contributed by atoms with Gasteiger partial charge in [-0.1, -0.05) is 39.3 Å². The van der Waals surface area contributed by atoms with Crippen LogP contribution < -0.4 is 8.92 Å². The van der Waals surface area contributed by atoms with Crippen molar-refractivity contribution in [1.82, 2.24) is 4.90 Å². The third kappa shape index (κ3) is 6.87. The predicted octanol–water partition coefficient (Wildman–Crippen LogP) is 7.27. The molecule has 0 atom stereocenters. The summed E-state index contributed by atoms with van der Waals surface area (Å²) in [6.07, 6.45) is 1.46. The van der Waals surface area contributed by atoms with Crippen LogP contribution in [0.15, 0.2) is 63.8 Å². The Kier molecular flexibility index (Phi) is 9.44. The zero-order valence-corrected chi connectivity index (χ0v) is 30.1. The van der Waals surface area contributed by atoms with Crippen LogP contribution in [0.5, 0.6) is 11.5 Å². The quantitative estimate of drug-likeness (QED) is 0.207. The predicted molar refractivity (Wildman–Crippen MR) is 181 cm³/mol. The lowest BCUT2D eigenvalue weighted by atomic mass is 9.63. The summed E-state index contributed by atoms with van der Waals surface area (Å²) in [6, 6.07) is 9.02. The van der Waals surface area contributed by atoms with Gasteiger partial charge in [-0.15, -0.1) is 0 Å². The van der Waals surface area contributed by atoms with Crippen LogP contribution >= 0.6 is 34.2 Å². The van der Waals surface area contributed by atoms with Crippen LogP contribution in [0.25, 0.3) is 0 Å². The Morgan fingerprint density at radius 2 is 1.52 bits per heavy atom. The van der Waals surface area contributed by atoms with E-state index in [1.165, 1.54) is 24.3 Å². The van der Waals surface area contributed by atoms with Crippen molar-refractivity contribution in [2.45, 2.75) is 77.5 Å². The molecule has 9 nitrogen and oxygen atoms in total. The number of carbonyl (C=O) groups is 3. The van der Waals surface area contributed by atoms with Crippen molar-refractivity contribution < 1.29 is 36.8 Å². The molecule has 246 valence electrons. The monoisotopic (exact) mass is 781 g/mol. The molecule has 0 bridgehead atoms. The topological polar surface area (TPSA) is 127 Å². The number of hydrogen-bond donors (Lipinski definition) is 1. The molecule has 0 aromatic heterocycles. The van der Waals surface area contributed by atoms with E-state index in [9.17, 15) is 27.9 Å². The van der Waals surface area contributed by atoms with Crippen LogP contribution in [0, 0.1) is 14.4 Å². The zero-order valence-electron chi connectivity index (χ0n) is 26.4. The highest BCUT2D eigenvalue weighted by Gasteiger charge is 2.49. The van der Waals surface area contributed by atoms with E-state index in [1.54, 1.807) is 19.1 Å². The van der Waals surface area contributed by atoms with Gasteiger partial charge < -0.3 is 18.9 Å². The Bertz CT molecular complexity index is 1740. The van der Waals surface area contributed by atoms with E-state index >= 15 is 0 Å². The number of Topliss-reactive ketones (excluding diaryl/α,β-unsaturated/α-hetero) is 2. The first-order chi connectivity index (χ1) is 21.4. The summed E-state index contributed by atoms with van der Waals surface area (Å²) < 4.78 is 38.5. The molecule has 1 aliphatic heterocycles. The lowest BCUT2D eigenvalue weighted by Gasteiger charge is -2.49. The van der Waals surface area contributed by atoms with Gasteiger partial charge in [0.25, 0.3) is 0 Å². The van der Waals surface area contributed by atoms with E-state index < -0.39 is 22.0 Å². The van der Waals surface area contributed by atoms with Crippen LogP contribution in [0.2, 0.25) is 5.02 Å². The van der Waals surface area contributed by atoms with Crippen molar-refractivity contribution in [2.24, 2.45) is 10.8 Å². The van der Waals surface area contributed by atoms with E-state index in [-0.39, 0.29) is 71.2 Å². The summed E-state index contributed by atoms with van der Waals surface area (Å²) in [5.74, 6) is -1.73. The Morgan fingerprint density at radius 3 is 2.02 bits per heavy atom. The van der Waals surface area contributed by atoms with Crippen molar-refractivity contribution in [3.05, 3.63) is 73.1 Å². The van der Waals surface area contributed by atoms with E-state index in [2.05, 4.69) is 0 Å². The van der Waals surface area contributed by atoms with E-state index in [4.69, 9.17) is 20.5 Å². The summed E-state index contributed by atoms with van der Waals surface area (Å²) in [5.41, 5.74) is 2.32. The molecule has 0 amide bonds. The number of carboxylic acids is 1. The number of halogens is 2. The fraction of sp³-hybridized carbons (Fsp3) is 0.441. The van der Waals surface area contributed by atoms with Crippen molar-refractivity contribution in [3.8, 4) is 11.5 Å². The Labute approximate surface area is 288 Å². The number of rotatable bonds is 9. The molecular formula is C34H37ClINO8S. The largest absolute Gasteiger partial charge is 0.490 e. The third-order valence-electron chi connectivity index (χ3n) is 8.53.